The molecule has 0 N–H and O–H groups in total. The molecule has 1 atom stereocenters. The van der Waals surface area contributed by atoms with Gasteiger partial charge in [0, 0.05) is 13.2 Å². The molecule has 0 spiro atoms. The zero-order valence-electron chi connectivity index (χ0n) is 9.34. The smallest absolute Gasteiger partial charge is 0.311 e. The van der Waals surface area contributed by atoms with Crippen molar-refractivity contribution >= 4 is 5.97 Å². The van der Waals surface area contributed by atoms with Gasteiger partial charge in [0.25, 0.3) is 0 Å². The van der Waals surface area contributed by atoms with Gasteiger partial charge in [-0.05, 0) is 39.0 Å². The topological polar surface area (TPSA) is 35.5 Å². The number of hydrogen-bond donors (Lipinski definition) is 0. The molecule has 1 heterocycles. The number of esters is 1. The fourth-order valence-corrected chi connectivity index (χ4v) is 2.05. The Morgan fingerprint density at radius 3 is 2.79 bits per heavy atom. The highest BCUT2D eigenvalue weighted by Gasteiger charge is 2.32. The number of methoxy groups -OCH3 is 1. The fraction of sp³-hybridized carbons (Fsp3) is 0.909. The molecule has 3 nitrogen and oxygen atoms in total. The molecule has 0 saturated carbocycles. The molecule has 1 unspecified atom stereocenters. The number of carbonyl (C=O) groups is 1. The summed E-state index contributed by atoms with van der Waals surface area (Å²) in [6.07, 6.45) is 3.14. The molecule has 82 valence electrons. The fourth-order valence-electron chi connectivity index (χ4n) is 2.05. The van der Waals surface area contributed by atoms with Gasteiger partial charge in [-0.1, -0.05) is 0 Å². The molecule has 0 bridgehead atoms. The Kier molecular flexibility index (Phi) is 3.93. The summed E-state index contributed by atoms with van der Waals surface area (Å²) in [6.45, 7) is 5.54. The van der Waals surface area contributed by atoms with Gasteiger partial charge in [0.2, 0.25) is 0 Å². The van der Waals surface area contributed by atoms with Crippen molar-refractivity contribution in [3.8, 4) is 0 Å². The lowest BCUT2D eigenvalue weighted by atomic mass is 9.81. The molecule has 0 radical (unpaired) electrons. The van der Waals surface area contributed by atoms with Crippen LogP contribution in [0, 0.1) is 11.3 Å². The molecule has 1 saturated heterocycles. The number of hydrogen-bond acceptors (Lipinski definition) is 3. The third-order valence-corrected chi connectivity index (χ3v) is 2.79. The molecule has 3 heteroatoms. The van der Waals surface area contributed by atoms with E-state index in [1.54, 1.807) is 0 Å². The van der Waals surface area contributed by atoms with Crippen molar-refractivity contribution in [3.05, 3.63) is 0 Å². The lowest BCUT2D eigenvalue weighted by molar-refractivity contribution is -0.152. The Balaban J connectivity index is 2.44. The predicted octanol–water partition coefficient (Wildman–Crippen LogP) is 2.00. The van der Waals surface area contributed by atoms with Gasteiger partial charge in [-0.3, -0.25) is 4.79 Å². The van der Waals surface area contributed by atoms with Crippen LogP contribution in [0.15, 0.2) is 0 Å². The quantitative estimate of drug-likeness (QED) is 0.654. The van der Waals surface area contributed by atoms with Crippen LogP contribution in [0.25, 0.3) is 0 Å². The van der Waals surface area contributed by atoms with Crippen molar-refractivity contribution in [3.63, 3.8) is 0 Å². The highest BCUT2D eigenvalue weighted by molar-refractivity contribution is 5.75. The van der Waals surface area contributed by atoms with Gasteiger partial charge in [0.05, 0.1) is 12.5 Å². The zero-order chi connectivity index (χ0) is 10.6. The van der Waals surface area contributed by atoms with E-state index >= 15 is 0 Å². The normalized spacial score (nSPS) is 23.2. The van der Waals surface area contributed by atoms with Gasteiger partial charge in [0.15, 0.2) is 0 Å². The Labute approximate surface area is 85.8 Å². The van der Waals surface area contributed by atoms with Crippen LogP contribution in [0.5, 0.6) is 0 Å². The summed E-state index contributed by atoms with van der Waals surface area (Å²) >= 11 is 0. The monoisotopic (exact) mass is 200 g/mol. The van der Waals surface area contributed by atoms with E-state index in [2.05, 4.69) is 0 Å². The second-order valence-electron chi connectivity index (χ2n) is 4.66. The SMILES string of the molecule is COC(=O)C(C)(C)CC1CCCOC1. The van der Waals surface area contributed by atoms with Crippen molar-refractivity contribution in [1.29, 1.82) is 0 Å². The second kappa shape index (κ2) is 4.78. The standard InChI is InChI=1S/C11H20O3/c1-11(2,10(12)13-3)7-9-5-4-6-14-8-9/h9H,4-8H2,1-3H3. The second-order valence-corrected chi connectivity index (χ2v) is 4.66. The molecule has 0 aromatic carbocycles. The van der Waals surface area contributed by atoms with Crippen molar-refractivity contribution in [2.75, 3.05) is 20.3 Å². The molecule has 1 rings (SSSR count). The van der Waals surface area contributed by atoms with Gasteiger partial charge in [0.1, 0.15) is 0 Å². The average molecular weight is 200 g/mol. The van der Waals surface area contributed by atoms with Crippen molar-refractivity contribution in [1.82, 2.24) is 0 Å². The van der Waals surface area contributed by atoms with E-state index in [-0.39, 0.29) is 11.4 Å². The van der Waals surface area contributed by atoms with E-state index in [0.29, 0.717) is 5.92 Å². The first-order valence-corrected chi connectivity index (χ1v) is 5.22. The van der Waals surface area contributed by atoms with Crippen LogP contribution < -0.4 is 0 Å². The van der Waals surface area contributed by atoms with Gasteiger partial charge in [-0.25, -0.2) is 0 Å². The molecular weight excluding hydrogens is 180 g/mol. The summed E-state index contributed by atoms with van der Waals surface area (Å²) < 4.78 is 10.2. The van der Waals surface area contributed by atoms with E-state index in [1.165, 1.54) is 13.5 Å². The Bertz CT molecular complexity index is 193. The Morgan fingerprint density at radius 2 is 2.29 bits per heavy atom. The van der Waals surface area contributed by atoms with Crippen molar-refractivity contribution in [2.24, 2.45) is 11.3 Å². The lowest BCUT2D eigenvalue weighted by Crippen LogP contribution is -2.31. The molecule has 0 aromatic rings. The summed E-state index contributed by atoms with van der Waals surface area (Å²) in [5, 5.41) is 0. The van der Waals surface area contributed by atoms with E-state index in [4.69, 9.17) is 9.47 Å². The summed E-state index contributed by atoms with van der Waals surface area (Å²) in [5.41, 5.74) is -0.375. The summed E-state index contributed by atoms with van der Waals surface area (Å²) in [4.78, 5) is 11.4. The van der Waals surface area contributed by atoms with E-state index in [1.807, 2.05) is 13.8 Å². The van der Waals surface area contributed by atoms with Gasteiger partial charge < -0.3 is 9.47 Å². The lowest BCUT2D eigenvalue weighted by Gasteiger charge is -2.29. The van der Waals surface area contributed by atoms with Crippen LogP contribution in [0.1, 0.15) is 33.1 Å². The van der Waals surface area contributed by atoms with E-state index in [0.717, 1.165) is 26.1 Å². The van der Waals surface area contributed by atoms with E-state index < -0.39 is 0 Å². The maximum absolute atomic E-state index is 11.4. The maximum Gasteiger partial charge on any atom is 0.311 e. The average Bonchev–Trinajstić information content (AvgIpc) is 2.17. The van der Waals surface area contributed by atoms with Crippen LogP contribution in [-0.4, -0.2) is 26.3 Å². The van der Waals surface area contributed by atoms with Crippen molar-refractivity contribution in [2.45, 2.75) is 33.1 Å². The number of rotatable bonds is 3. The van der Waals surface area contributed by atoms with Crippen LogP contribution in [-0.2, 0) is 14.3 Å². The number of carbonyl (C=O) groups excluding carboxylic acids is 1. The van der Waals surface area contributed by atoms with Gasteiger partial charge >= 0.3 is 5.97 Å². The minimum atomic E-state index is -0.375. The highest BCUT2D eigenvalue weighted by atomic mass is 16.5. The van der Waals surface area contributed by atoms with Crippen molar-refractivity contribution < 1.29 is 14.3 Å². The first-order valence-electron chi connectivity index (χ1n) is 5.22. The molecule has 0 aliphatic carbocycles. The third kappa shape index (κ3) is 2.98. The van der Waals surface area contributed by atoms with Crippen LogP contribution >= 0.6 is 0 Å². The summed E-state index contributed by atoms with van der Waals surface area (Å²) in [7, 11) is 1.45. The predicted molar refractivity (Wildman–Crippen MR) is 54.0 cm³/mol. The zero-order valence-corrected chi connectivity index (χ0v) is 9.34. The Hall–Kier alpha value is -0.570. The minimum Gasteiger partial charge on any atom is -0.469 e. The molecular formula is C11H20O3. The maximum atomic E-state index is 11.4. The first kappa shape index (κ1) is 11.5. The van der Waals surface area contributed by atoms with E-state index in [9.17, 15) is 4.79 Å². The molecule has 0 aromatic heterocycles. The van der Waals surface area contributed by atoms with Gasteiger partial charge in [-0.2, -0.15) is 0 Å². The number of ether oxygens (including phenoxy) is 2. The Morgan fingerprint density at radius 1 is 1.57 bits per heavy atom. The van der Waals surface area contributed by atoms with Crippen LogP contribution in [0.2, 0.25) is 0 Å². The summed E-state index contributed by atoms with van der Waals surface area (Å²) in [5.74, 6) is 0.390. The molecule has 1 aliphatic rings. The highest BCUT2D eigenvalue weighted by Crippen LogP contribution is 2.30. The summed E-state index contributed by atoms with van der Waals surface area (Å²) in [6, 6.07) is 0. The third-order valence-electron chi connectivity index (χ3n) is 2.79. The van der Waals surface area contributed by atoms with Crippen LogP contribution in [0.3, 0.4) is 0 Å². The first-order chi connectivity index (χ1) is 6.56. The van der Waals surface area contributed by atoms with Gasteiger partial charge in [-0.15, -0.1) is 0 Å². The molecule has 0 amide bonds. The van der Waals surface area contributed by atoms with Crippen LogP contribution in [0.4, 0.5) is 0 Å². The largest absolute Gasteiger partial charge is 0.469 e. The molecule has 14 heavy (non-hydrogen) atoms. The minimum absolute atomic E-state index is 0.122. The molecule has 1 fully saturated rings. The molecule has 1 aliphatic heterocycles.